The third kappa shape index (κ3) is 3.40. The van der Waals surface area contributed by atoms with Crippen molar-refractivity contribution in [3.05, 3.63) is 30.1 Å². The molecule has 1 atom stereocenters. The molecule has 1 unspecified atom stereocenters. The third-order valence-corrected chi connectivity index (χ3v) is 3.74. The molecular weight excluding hydrogens is 257 g/mol. The van der Waals surface area contributed by atoms with Crippen LogP contribution in [0.1, 0.15) is 20.3 Å². The van der Waals surface area contributed by atoms with Gasteiger partial charge in [0, 0.05) is 37.9 Å². The van der Waals surface area contributed by atoms with Gasteiger partial charge in [-0.3, -0.25) is 0 Å². The molecule has 20 heavy (non-hydrogen) atoms. The summed E-state index contributed by atoms with van der Waals surface area (Å²) in [6.07, 6.45) is 0.892. The molecule has 1 saturated heterocycles. The fraction of sp³-hybridized carbons (Fsp3) is 0.533. The molecule has 1 N–H and O–H groups in total. The molecular formula is C15H22FN3O. The highest BCUT2D eigenvalue weighted by Gasteiger charge is 2.25. The SMILES string of the molecule is CCN(CC)C(=O)NC1CCN(c2cccc(F)c2)C1. The van der Waals surface area contributed by atoms with Crippen LogP contribution in [-0.2, 0) is 0 Å². The van der Waals surface area contributed by atoms with E-state index in [0.717, 1.165) is 25.2 Å². The minimum absolute atomic E-state index is 0.0129. The Morgan fingerprint density at radius 3 is 2.85 bits per heavy atom. The first kappa shape index (κ1) is 14.6. The molecule has 0 saturated carbocycles. The maximum atomic E-state index is 13.2. The predicted molar refractivity (Wildman–Crippen MR) is 78.5 cm³/mol. The molecule has 0 radical (unpaired) electrons. The molecule has 1 heterocycles. The molecule has 0 spiro atoms. The molecule has 110 valence electrons. The molecule has 4 nitrogen and oxygen atoms in total. The van der Waals surface area contributed by atoms with Crippen LogP contribution in [0.5, 0.6) is 0 Å². The number of nitrogens with one attached hydrogen (secondary N) is 1. The standard InChI is InChI=1S/C15H22FN3O/c1-3-18(4-2)15(20)17-13-8-9-19(11-13)14-7-5-6-12(16)10-14/h5-7,10,13H,3-4,8-9,11H2,1-2H3,(H,17,20). The fourth-order valence-corrected chi connectivity index (χ4v) is 2.56. The Morgan fingerprint density at radius 2 is 2.20 bits per heavy atom. The van der Waals surface area contributed by atoms with Gasteiger partial charge in [0.1, 0.15) is 5.82 Å². The van der Waals surface area contributed by atoms with Crippen LogP contribution in [0.3, 0.4) is 0 Å². The van der Waals surface area contributed by atoms with Crippen molar-refractivity contribution in [1.29, 1.82) is 0 Å². The molecule has 2 amide bonds. The number of benzene rings is 1. The lowest BCUT2D eigenvalue weighted by Gasteiger charge is -2.23. The van der Waals surface area contributed by atoms with Gasteiger partial charge in [-0.05, 0) is 38.5 Å². The number of nitrogens with zero attached hydrogens (tertiary/aromatic N) is 2. The highest BCUT2D eigenvalue weighted by molar-refractivity contribution is 5.74. The lowest BCUT2D eigenvalue weighted by molar-refractivity contribution is 0.200. The summed E-state index contributed by atoms with van der Waals surface area (Å²) in [5, 5.41) is 3.05. The van der Waals surface area contributed by atoms with Gasteiger partial charge in [0.05, 0.1) is 0 Å². The van der Waals surface area contributed by atoms with E-state index in [1.165, 1.54) is 12.1 Å². The van der Waals surface area contributed by atoms with Crippen molar-refractivity contribution in [3.8, 4) is 0 Å². The number of carbonyl (C=O) groups is 1. The monoisotopic (exact) mass is 279 g/mol. The maximum Gasteiger partial charge on any atom is 0.317 e. The van der Waals surface area contributed by atoms with E-state index in [0.29, 0.717) is 13.1 Å². The first-order chi connectivity index (χ1) is 9.63. The highest BCUT2D eigenvalue weighted by atomic mass is 19.1. The summed E-state index contributed by atoms with van der Waals surface area (Å²) in [6, 6.07) is 6.71. The van der Waals surface area contributed by atoms with Crippen molar-refractivity contribution < 1.29 is 9.18 Å². The average molecular weight is 279 g/mol. The van der Waals surface area contributed by atoms with E-state index in [-0.39, 0.29) is 17.9 Å². The third-order valence-electron chi connectivity index (χ3n) is 3.74. The molecule has 1 aromatic rings. The van der Waals surface area contributed by atoms with Crippen LogP contribution < -0.4 is 10.2 Å². The van der Waals surface area contributed by atoms with Crippen molar-refractivity contribution >= 4 is 11.7 Å². The van der Waals surface area contributed by atoms with Gasteiger partial charge in [0.15, 0.2) is 0 Å². The fourth-order valence-electron chi connectivity index (χ4n) is 2.56. The van der Waals surface area contributed by atoms with Crippen molar-refractivity contribution in [3.63, 3.8) is 0 Å². The van der Waals surface area contributed by atoms with Gasteiger partial charge in [-0.2, -0.15) is 0 Å². The van der Waals surface area contributed by atoms with Crippen LogP contribution in [0.2, 0.25) is 0 Å². The number of amides is 2. The van der Waals surface area contributed by atoms with E-state index in [9.17, 15) is 9.18 Å². The number of carbonyl (C=O) groups excluding carboxylic acids is 1. The Kier molecular flexibility index (Phi) is 4.82. The molecule has 1 aliphatic heterocycles. The first-order valence-electron chi connectivity index (χ1n) is 7.20. The largest absolute Gasteiger partial charge is 0.369 e. The van der Waals surface area contributed by atoms with Crippen LogP contribution in [0.15, 0.2) is 24.3 Å². The van der Waals surface area contributed by atoms with E-state index >= 15 is 0 Å². The normalized spacial score (nSPS) is 18.1. The highest BCUT2D eigenvalue weighted by Crippen LogP contribution is 2.21. The summed E-state index contributed by atoms with van der Waals surface area (Å²) in [5.41, 5.74) is 0.879. The molecule has 0 aromatic heterocycles. The van der Waals surface area contributed by atoms with Crippen LogP contribution in [0, 0.1) is 5.82 Å². The molecule has 0 aliphatic carbocycles. The number of rotatable bonds is 4. The Bertz CT molecular complexity index is 462. The molecule has 2 rings (SSSR count). The summed E-state index contributed by atoms with van der Waals surface area (Å²) in [5.74, 6) is -0.224. The predicted octanol–water partition coefficient (Wildman–Crippen LogP) is 2.46. The van der Waals surface area contributed by atoms with Gasteiger partial charge in [-0.1, -0.05) is 6.07 Å². The van der Waals surface area contributed by atoms with Crippen molar-refractivity contribution in [2.24, 2.45) is 0 Å². The van der Waals surface area contributed by atoms with Crippen molar-refractivity contribution in [1.82, 2.24) is 10.2 Å². The van der Waals surface area contributed by atoms with Crippen molar-refractivity contribution in [2.75, 3.05) is 31.1 Å². The number of anilines is 1. The summed E-state index contributed by atoms with van der Waals surface area (Å²) in [6.45, 7) is 6.93. The Balaban J connectivity index is 1.91. The van der Waals surface area contributed by atoms with E-state index in [4.69, 9.17) is 0 Å². The first-order valence-corrected chi connectivity index (χ1v) is 7.20. The number of halogens is 1. The number of urea groups is 1. The van der Waals surface area contributed by atoms with Crippen molar-refractivity contribution in [2.45, 2.75) is 26.3 Å². The van der Waals surface area contributed by atoms with Gasteiger partial charge >= 0.3 is 6.03 Å². The zero-order chi connectivity index (χ0) is 14.5. The Morgan fingerprint density at radius 1 is 1.45 bits per heavy atom. The van der Waals surface area contributed by atoms with Gasteiger partial charge in [-0.25, -0.2) is 9.18 Å². The number of hydrogen-bond donors (Lipinski definition) is 1. The van der Waals surface area contributed by atoms with E-state index in [1.807, 2.05) is 19.9 Å². The molecule has 5 heteroatoms. The van der Waals surface area contributed by atoms with E-state index in [1.54, 1.807) is 11.0 Å². The second kappa shape index (κ2) is 6.59. The van der Waals surface area contributed by atoms with Crippen LogP contribution in [-0.4, -0.2) is 43.2 Å². The van der Waals surface area contributed by atoms with E-state index < -0.39 is 0 Å². The minimum atomic E-state index is -0.224. The minimum Gasteiger partial charge on any atom is -0.369 e. The van der Waals surface area contributed by atoms with Crippen LogP contribution in [0.4, 0.5) is 14.9 Å². The van der Waals surface area contributed by atoms with E-state index in [2.05, 4.69) is 10.2 Å². The van der Waals surface area contributed by atoms with Gasteiger partial charge in [0.25, 0.3) is 0 Å². The summed E-state index contributed by atoms with van der Waals surface area (Å²) < 4.78 is 13.2. The topological polar surface area (TPSA) is 35.6 Å². The zero-order valence-electron chi connectivity index (χ0n) is 12.1. The zero-order valence-corrected chi connectivity index (χ0v) is 12.1. The number of hydrogen-bond acceptors (Lipinski definition) is 2. The summed E-state index contributed by atoms with van der Waals surface area (Å²) in [7, 11) is 0. The second-order valence-corrected chi connectivity index (χ2v) is 5.03. The molecule has 0 bridgehead atoms. The average Bonchev–Trinajstić information content (AvgIpc) is 2.88. The van der Waals surface area contributed by atoms with Gasteiger partial charge in [0.2, 0.25) is 0 Å². The van der Waals surface area contributed by atoms with Gasteiger partial charge < -0.3 is 15.1 Å². The lowest BCUT2D eigenvalue weighted by Crippen LogP contribution is -2.45. The van der Waals surface area contributed by atoms with Gasteiger partial charge in [-0.15, -0.1) is 0 Å². The molecule has 1 aliphatic rings. The van der Waals surface area contributed by atoms with Crippen LogP contribution >= 0.6 is 0 Å². The molecule has 1 fully saturated rings. The summed E-state index contributed by atoms with van der Waals surface area (Å²) >= 11 is 0. The smallest absolute Gasteiger partial charge is 0.317 e. The Hall–Kier alpha value is -1.78. The maximum absolute atomic E-state index is 13.2. The summed E-state index contributed by atoms with van der Waals surface area (Å²) in [4.78, 5) is 15.9. The van der Waals surface area contributed by atoms with Crippen LogP contribution in [0.25, 0.3) is 0 Å². The Labute approximate surface area is 119 Å². The molecule has 1 aromatic carbocycles. The lowest BCUT2D eigenvalue weighted by atomic mass is 10.2. The second-order valence-electron chi connectivity index (χ2n) is 5.03. The quantitative estimate of drug-likeness (QED) is 0.919.